The molecule has 0 amide bonds. The van der Waals surface area contributed by atoms with Gasteiger partial charge in [0.2, 0.25) is 0 Å². The van der Waals surface area contributed by atoms with Gasteiger partial charge in [-0.1, -0.05) is 137 Å². The second-order valence-corrected chi connectivity index (χ2v) is 15.1. The fraction of sp³-hybridized carbons (Fsp3) is 0.974. The van der Waals surface area contributed by atoms with E-state index in [0.29, 0.717) is 17.8 Å². The van der Waals surface area contributed by atoms with E-state index in [-0.39, 0.29) is 12.1 Å². The fourth-order valence-corrected chi connectivity index (χ4v) is 8.47. The maximum atomic E-state index is 12.9. The maximum absolute atomic E-state index is 12.9. The smallest absolute Gasteiger partial charge is 0.306 e. The van der Waals surface area contributed by atoms with Gasteiger partial charge in [-0.15, -0.1) is 0 Å². The predicted octanol–water partition coefficient (Wildman–Crippen LogP) is 12.1. The zero-order chi connectivity index (χ0) is 30.5. The van der Waals surface area contributed by atoms with Gasteiger partial charge in [-0.25, -0.2) is 0 Å². The molecule has 2 aliphatic rings. The third-order valence-corrected chi connectivity index (χ3v) is 10.8. The molecule has 2 fully saturated rings. The summed E-state index contributed by atoms with van der Waals surface area (Å²) in [5.41, 5.74) is 0.363. The number of piperidine rings is 1. The number of unbranched alkanes of at least 4 members (excludes halogenated alkanes) is 10. The van der Waals surface area contributed by atoms with Gasteiger partial charge in [0.15, 0.2) is 0 Å². The molecule has 2 rings (SSSR count). The fourth-order valence-electron chi connectivity index (χ4n) is 8.47. The quantitative estimate of drug-likeness (QED) is 0.0783. The van der Waals surface area contributed by atoms with Gasteiger partial charge in [0.25, 0.3) is 0 Å². The minimum atomic E-state index is 0.0657. The van der Waals surface area contributed by atoms with Crippen molar-refractivity contribution < 1.29 is 9.53 Å². The molecule has 1 saturated carbocycles. The third kappa shape index (κ3) is 15.4. The van der Waals surface area contributed by atoms with Crippen LogP contribution in [0.25, 0.3) is 0 Å². The normalized spacial score (nSPS) is 22.3. The molecule has 0 N–H and O–H groups in total. The van der Waals surface area contributed by atoms with Crippen molar-refractivity contribution in [2.24, 2.45) is 17.3 Å². The number of rotatable bonds is 25. The van der Waals surface area contributed by atoms with Gasteiger partial charge in [-0.3, -0.25) is 9.69 Å². The van der Waals surface area contributed by atoms with Crippen molar-refractivity contribution in [3.8, 4) is 0 Å². The molecule has 3 nitrogen and oxygen atoms in total. The predicted molar refractivity (Wildman–Crippen MR) is 183 cm³/mol. The van der Waals surface area contributed by atoms with Gasteiger partial charge in [-0.2, -0.15) is 0 Å². The van der Waals surface area contributed by atoms with Gasteiger partial charge in [0.05, 0.1) is 0 Å². The van der Waals surface area contributed by atoms with Crippen LogP contribution in [-0.4, -0.2) is 36.1 Å². The van der Waals surface area contributed by atoms with E-state index in [9.17, 15) is 4.79 Å². The monoisotopic (exact) mass is 590 g/mol. The second-order valence-electron chi connectivity index (χ2n) is 15.1. The summed E-state index contributed by atoms with van der Waals surface area (Å²) < 4.78 is 6.29. The molecule has 0 bridgehead atoms. The number of nitrogens with zero attached hydrogens (tertiary/aromatic N) is 1. The van der Waals surface area contributed by atoms with Crippen molar-refractivity contribution in [1.29, 1.82) is 0 Å². The van der Waals surface area contributed by atoms with Crippen LogP contribution >= 0.6 is 0 Å². The van der Waals surface area contributed by atoms with Crippen LogP contribution in [-0.2, 0) is 9.53 Å². The molecule has 0 aromatic rings. The highest BCUT2D eigenvalue weighted by Gasteiger charge is 2.38. The highest BCUT2D eigenvalue weighted by Crippen LogP contribution is 2.42. The van der Waals surface area contributed by atoms with Crippen LogP contribution in [0.1, 0.15) is 202 Å². The van der Waals surface area contributed by atoms with Crippen LogP contribution in [0.2, 0.25) is 0 Å². The summed E-state index contributed by atoms with van der Waals surface area (Å²) in [7, 11) is 0. The van der Waals surface area contributed by atoms with E-state index in [0.717, 1.165) is 37.6 Å². The first-order valence-electron chi connectivity index (χ1n) is 19.4. The summed E-state index contributed by atoms with van der Waals surface area (Å²) in [5.74, 6) is 1.69. The first kappa shape index (κ1) is 37.6. The highest BCUT2D eigenvalue weighted by molar-refractivity contribution is 5.69. The van der Waals surface area contributed by atoms with E-state index in [2.05, 4.69) is 39.5 Å². The van der Waals surface area contributed by atoms with Crippen molar-refractivity contribution >= 4 is 5.97 Å². The number of likely N-dealkylation sites (tertiary alicyclic amines) is 1. The number of ether oxygens (including phenoxy) is 1. The number of esters is 1. The zero-order valence-corrected chi connectivity index (χ0v) is 29.4. The molecule has 0 spiro atoms. The Hall–Kier alpha value is -0.570. The van der Waals surface area contributed by atoms with Gasteiger partial charge in [0.1, 0.15) is 6.10 Å². The van der Waals surface area contributed by atoms with Gasteiger partial charge >= 0.3 is 5.97 Å². The van der Waals surface area contributed by atoms with Crippen LogP contribution in [0, 0.1) is 17.3 Å². The molecular formula is C39H75NO2. The largest absolute Gasteiger partial charge is 0.462 e. The molecule has 248 valence electrons. The lowest BCUT2D eigenvalue weighted by molar-refractivity contribution is -0.150. The summed E-state index contributed by atoms with van der Waals surface area (Å²) in [4.78, 5) is 15.9. The minimum absolute atomic E-state index is 0.0657. The lowest BCUT2D eigenvalue weighted by Crippen LogP contribution is -2.50. The van der Waals surface area contributed by atoms with Gasteiger partial charge < -0.3 is 4.74 Å². The lowest BCUT2D eigenvalue weighted by Gasteiger charge is -2.48. The van der Waals surface area contributed by atoms with Crippen LogP contribution in [0.15, 0.2) is 0 Å². The maximum Gasteiger partial charge on any atom is 0.306 e. The molecule has 1 saturated heterocycles. The summed E-state index contributed by atoms with van der Waals surface area (Å²) in [5, 5.41) is 0. The molecule has 5 atom stereocenters. The molecule has 0 radical (unpaired) electrons. The molecule has 1 aliphatic heterocycles. The Kier molecular flexibility index (Phi) is 20.5. The Morgan fingerprint density at radius 1 is 0.762 bits per heavy atom. The molecule has 3 heteroatoms. The summed E-state index contributed by atoms with van der Waals surface area (Å²) in [6.45, 7) is 14.4. The molecule has 5 unspecified atom stereocenters. The van der Waals surface area contributed by atoms with Crippen molar-refractivity contribution in [3.05, 3.63) is 0 Å². The average molecular weight is 590 g/mol. The van der Waals surface area contributed by atoms with Crippen LogP contribution in [0.3, 0.4) is 0 Å². The Bertz CT molecular complexity index is 663. The summed E-state index contributed by atoms with van der Waals surface area (Å²) in [6, 6.07) is 0.844. The average Bonchev–Trinajstić information content (AvgIpc) is 2.98. The van der Waals surface area contributed by atoms with Crippen molar-refractivity contribution in [2.45, 2.75) is 214 Å². The number of carbonyl (C=O) groups excluding carboxylic acids is 1. The number of hydrogen-bond donors (Lipinski definition) is 0. The topological polar surface area (TPSA) is 29.5 Å². The van der Waals surface area contributed by atoms with E-state index in [1.54, 1.807) is 0 Å². The molecule has 1 heterocycles. The first-order chi connectivity index (χ1) is 20.4. The van der Waals surface area contributed by atoms with Crippen molar-refractivity contribution in [1.82, 2.24) is 4.90 Å². The van der Waals surface area contributed by atoms with Crippen LogP contribution < -0.4 is 0 Å². The molecule has 0 aromatic heterocycles. The number of carbonyl (C=O) groups is 1. The highest BCUT2D eigenvalue weighted by atomic mass is 16.5. The zero-order valence-electron chi connectivity index (χ0n) is 29.4. The summed E-state index contributed by atoms with van der Waals surface area (Å²) in [6.07, 6.45) is 33.2. The molecule has 0 aromatic carbocycles. The van der Waals surface area contributed by atoms with E-state index in [4.69, 9.17) is 4.74 Å². The second kappa shape index (κ2) is 22.9. The summed E-state index contributed by atoms with van der Waals surface area (Å²) >= 11 is 0. The third-order valence-electron chi connectivity index (χ3n) is 10.8. The van der Waals surface area contributed by atoms with Crippen LogP contribution in [0.5, 0.6) is 0 Å². The van der Waals surface area contributed by atoms with E-state index in [1.807, 2.05) is 0 Å². The van der Waals surface area contributed by atoms with E-state index in [1.165, 1.54) is 148 Å². The Morgan fingerprint density at radius 3 is 2.12 bits per heavy atom. The van der Waals surface area contributed by atoms with Gasteiger partial charge in [0, 0.05) is 19.0 Å². The van der Waals surface area contributed by atoms with Crippen molar-refractivity contribution in [2.75, 3.05) is 13.1 Å². The SMILES string of the molecule is CCCCCCC(=O)OC(CCCC)CC(CCCCCC)CC(C)(CCCCCC)CN1CCCC2CCCCC21. The van der Waals surface area contributed by atoms with E-state index < -0.39 is 0 Å². The van der Waals surface area contributed by atoms with Crippen LogP contribution in [0.4, 0.5) is 0 Å². The first-order valence-corrected chi connectivity index (χ1v) is 19.4. The minimum Gasteiger partial charge on any atom is -0.462 e. The Morgan fingerprint density at radius 2 is 1.40 bits per heavy atom. The Labute approximate surface area is 264 Å². The van der Waals surface area contributed by atoms with E-state index >= 15 is 0 Å². The van der Waals surface area contributed by atoms with Crippen molar-refractivity contribution in [3.63, 3.8) is 0 Å². The standard InChI is InChI=1S/C39H75NO2/c1-6-10-14-17-23-34(31-36(26-13-9-4)42-38(41)28-18-15-11-7-2)32-39(5,29-21-16-12-8-3)33-40-30-22-25-35-24-19-20-27-37(35)40/h34-37H,6-33H2,1-5H3. The van der Waals surface area contributed by atoms with Gasteiger partial charge in [-0.05, 0) is 81.6 Å². The molecule has 42 heavy (non-hydrogen) atoms. The molecular weight excluding hydrogens is 514 g/mol. The number of fused-ring (bicyclic) bond motifs is 1. The lowest BCUT2D eigenvalue weighted by atomic mass is 9.72. The Balaban J connectivity index is 2.16. The number of hydrogen-bond acceptors (Lipinski definition) is 3. The molecule has 1 aliphatic carbocycles.